The first-order valence-electron chi connectivity index (χ1n) is 5.66. The summed E-state index contributed by atoms with van der Waals surface area (Å²) in [5.74, 6) is 0.566. The lowest BCUT2D eigenvalue weighted by Crippen LogP contribution is -2.32. The Morgan fingerprint density at radius 3 is 2.79 bits per heavy atom. The lowest BCUT2D eigenvalue weighted by atomic mass is 9.83. The van der Waals surface area contributed by atoms with Crippen molar-refractivity contribution in [3.8, 4) is 0 Å². The van der Waals surface area contributed by atoms with Gasteiger partial charge in [0.2, 0.25) is 0 Å². The summed E-state index contributed by atoms with van der Waals surface area (Å²) in [4.78, 5) is 11.3. The van der Waals surface area contributed by atoms with E-state index in [1.54, 1.807) is 0 Å². The summed E-state index contributed by atoms with van der Waals surface area (Å²) in [5, 5.41) is 0. The fourth-order valence-electron chi connectivity index (χ4n) is 1.64. The third kappa shape index (κ3) is 3.66. The van der Waals surface area contributed by atoms with Gasteiger partial charge < -0.3 is 10.5 Å². The summed E-state index contributed by atoms with van der Waals surface area (Å²) in [6, 6.07) is -0.415. The molecular formula is C11H21NO2. The van der Waals surface area contributed by atoms with Crippen molar-refractivity contribution in [2.75, 3.05) is 6.61 Å². The van der Waals surface area contributed by atoms with Crippen LogP contribution >= 0.6 is 0 Å². The maximum atomic E-state index is 11.3. The van der Waals surface area contributed by atoms with Crippen LogP contribution in [0.1, 0.15) is 45.4 Å². The first-order chi connectivity index (χ1) is 6.74. The van der Waals surface area contributed by atoms with E-state index < -0.39 is 6.04 Å². The largest absolute Gasteiger partial charge is 0.465 e. The van der Waals surface area contributed by atoms with E-state index in [1.807, 2.05) is 6.92 Å². The highest BCUT2D eigenvalue weighted by Gasteiger charge is 2.18. The van der Waals surface area contributed by atoms with Gasteiger partial charge in [-0.15, -0.1) is 0 Å². The maximum Gasteiger partial charge on any atom is 0.322 e. The summed E-state index contributed by atoms with van der Waals surface area (Å²) in [6.45, 7) is 2.57. The van der Waals surface area contributed by atoms with Crippen LogP contribution in [0.2, 0.25) is 0 Å². The van der Waals surface area contributed by atoms with Crippen LogP contribution < -0.4 is 5.73 Å². The monoisotopic (exact) mass is 199 g/mol. The molecule has 3 heteroatoms. The minimum atomic E-state index is -0.415. The van der Waals surface area contributed by atoms with Crippen LogP contribution in [0.5, 0.6) is 0 Å². The Bertz CT molecular complexity index is 178. The Labute approximate surface area is 86.0 Å². The van der Waals surface area contributed by atoms with Crippen molar-refractivity contribution in [3.05, 3.63) is 0 Å². The van der Waals surface area contributed by atoms with Crippen LogP contribution in [0.3, 0.4) is 0 Å². The summed E-state index contributed by atoms with van der Waals surface area (Å²) in [5.41, 5.74) is 5.62. The van der Waals surface area contributed by atoms with Gasteiger partial charge in [0.25, 0.3) is 0 Å². The van der Waals surface area contributed by atoms with Gasteiger partial charge >= 0.3 is 5.97 Å². The van der Waals surface area contributed by atoms with Crippen molar-refractivity contribution in [1.29, 1.82) is 0 Å². The predicted octanol–water partition coefficient (Wildman–Crippen LogP) is 1.85. The topological polar surface area (TPSA) is 52.3 Å². The lowest BCUT2D eigenvalue weighted by Gasteiger charge is -2.25. The van der Waals surface area contributed by atoms with Crippen LogP contribution in [0.4, 0.5) is 0 Å². The van der Waals surface area contributed by atoms with Crippen LogP contribution in [-0.4, -0.2) is 18.6 Å². The molecule has 0 unspecified atom stereocenters. The van der Waals surface area contributed by atoms with Crippen molar-refractivity contribution in [2.24, 2.45) is 11.7 Å². The number of nitrogens with two attached hydrogens (primary N) is 1. The zero-order valence-corrected chi connectivity index (χ0v) is 9.00. The van der Waals surface area contributed by atoms with Crippen LogP contribution in [-0.2, 0) is 9.53 Å². The van der Waals surface area contributed by atoms with E-state index in [0.717, 1.165) is 25.2 Å². The third-order valence-electron chi connectivity index (χ3n) is 2.90. The van der Waals surface area contributed by atoms with E-state index in [1.165, 1.54) is 19.3 Å². The molecule has 82 valence electrons. The number of carbonyl (C=O) groups excluding carboxylic acids is 1. The highest BCUT2D eigenvalue weighted by molar-refractivity contribution is 5.75. The quantitative estimate of drug-likeness (QED) is 0.664. The van der Waals surface area contributed by atoms with Gasteiger partial charge in [-0.1, -0.05) is 32.6 Å². The summed E-state index contributed by atoms with van der Waals surface area (Å²) in [7, 11) is 0. The lowest BCUT2D eigenvalue weighted by molar-refractivity contribution is -0.145. The van der Waals surface area contributed by atoms with E-state index in [4.69, 9.17) is 10.5 Å². The fraction of sp³-hybridized carbons (Fsp3) is 0.909. The molecule has 3 nitrogen and oxygen atoms in total. The number of carbonyl (C=O) groups is 1. The molecule has 1 aliphatic rings. The average Bonchev–Trinajstić information content (AvgIpc) is 2.09. The van der Waals surface area contributed by atoms with E-state index in [9.17, 15) is 4.79 Å². The molecule has 1 atom stereocenters. The molecule has 1 rings (SSSR count). The van der Waals surface area contributed by atoms with Crippen LogP contribution in [0, 0.1) is 5.92 Å². The minimum absolute atomic E-state index is 0.230. The van der Waals surface area contributed by atoms with Crippen molar-refractivity contribution in [3.63, 3.8) is 0 Å². The smallest absolute Gasteiger partial charge is 0.322 e. The molecule has 0 spiro atoms. The van der Waals surface area contributed by atoms with Gasteiger partial charge in [-0.2, -0.15) is 0 Å². The molecule has 0 amide bonds. The first kappa shape index (κ1) is 11.5. The molecule has 1 saturated carbocycles. The summed E-state index contributed by atoms with van der Waals surface area (Å²) >= 11 is 0. The Kier molecular flexibility index (Phi) is 4.94. The van der Waals surface area contributed by atoms with Gasteiger partial charge in [0.05, 0.1) is 6.61 Å². The molecule has 0 saturated heterocycles. The average molecular weight is 199 g/mol. The molecule has 0 heterocycles. The molecular weight excluding hydrogens is 178 g/mol. The Morgan fingerprint density at radius 1 is 1.57 bits per heavy atom. The highest BCUT2D eigenvalue weighted by Crippen LogP contribution is 2.29. The van der Waals surface area contributed by atoms with E-state index in [0.29, 0.717) is 6.61 Å². The fourth-order valence-corrected chi connectivity index (χ4v) is 1.64. The number of esters is 1. The van der Waals surface area contributed by atoms with Crippen molar-refractivity contribution < 1.29 is 9.53 Å². The maximum absolute atomic E-state index is 11.3. The molecule has 0 bridgehead atoms. The SMILES string of the molecule is CCC[C@@H](N)C(=O)OCCC1CCC1. The Morgan fingerprint density at radius 2 is 2.29 bits per heavy atom. The number of hydrogen-bond acceptors (Lipinski definition) is 3. The molecule has 0 aromatic rings. The van der Waals surface area contributed by atoms with Gasteiger partial charge in [0.1, 0.15) is 6.04 Å². The Balaban J connectivity index is 2.01. The first-order valence-corrected chi connectivity index (χ1v) is 5.66. The number of rotatable bonds is 6. The van der Waals surface area contributed by atoms with Crippen LogP contribution in [0.15, 0.2) is 0 Å². The van der Waals surface area contributed by atoms with E-state index in [-0.39, 0.29) is 5.97 Å². The molecule has 0 aromatic heterocycles. The standard InChI is InChI=1S/C11H21NO2/c1-2-4-10(12)11(13)14-8-7-9-5-3-6-9/h9-10H,2-8,12H2,1H3/t10-/m1/s1. The summed E-state index contributed by atoms with van der Waals surface area (Å²) < 4.78 is 5.10. The molecule has 0 aliphatic heterocycles. The van der Waals surface area contributed by atoms with E-state index in [2.05, 4.69) is 0 Å². The molecule has 2 N–H and O–H groups in total. The molecule has 0 aromatic carbocycles. The molecule has 14 heavy (non-hydrogen) atoms. The van der Waals surface area contributed by atoms with Crippen molar-refractivity contribution >= 4 is 5.97 Å². The highest BCUT2D eigenvalue weighted by atomic mass is 16.5. The van der Waals surface area contributed by atoms with E-state index >= 15 is 0 Å². The zero-order valence-electron chi connectivity index (χ0n) is 9.00. The summed E-state index contributed by atoms with van der Waals surface area (Å²) in [6.07, 6.45) is 6.62. The predicted molar refractivity (Wildman–Crippen MR) is 55.8 cm³/mol. The third-order valence-corrected chi connectivity index (χ3v) is 2.90. The second-order valence-electron chi connectivity index (χ2n) is 4.15. The number of ether oxygens (including phenoxy) is 1. The normalized spacial score (nSPS) is 18.7. The molecule has 1 fully saturated rings. The molecule has 1 aliphatic carbocycles. The van der Waals surface area contributed by atoms with Crippen LogP contribution in [0.25, 0.3) is 0 Å². The molecule has 0 radical (unpaired) electrons. The number of hydrogen-bond donors (Lipinski definition) is 1. The van der Waals surface area contributed by atoms with Gasteiger partial charge in [0.15, 0.2) is 0 Å². The minimum Gasteiger partial charge on any atom is -0.465 e. The van der Waals surface area contributed by atoms with Gasteiger partial charge in [-0.05, 0) is 18.8 Å². The van der Waals surface area contributed by atoms with Crippen molar-refractivity contribution in [1.82, 2.24) is 0 Å². The van der Waals surface area contributed by atoms with Crippen molar-refractivity contribution in [2.45, 2.75) is 51.5 Å². The van der Waals surface area contributed by atoms with Gasteiger partial charge in [-0.3, -0.25) is 4.79 Å². The Hall–Kier alpha value is -0.570. The second kappa shape index (κ2) is 6.02. The van der Waals surface area contributed by atoms with Gasteiger partial charge in [0, 0.05) is 0 Å². The zero-order chi connectivity index (χ0) is 10.4. The van der Waals surface area contributed by atoms with Gasteiger partial charge in [-0.25, -0.2) is 0 Å². The second-order valence-corrected chi connectivity index (χ2v) is 4.15.